The third-order valence-corrected chi connectivity index (χ3v) is 3.13. The van der Waals surface area contributed by atoms with Crippen LogP contribution in [0.4, 0.5) is 0 Å². The Morgan fingerprint density at radius 2 is 1.95 bits per heavy atom. The number of hydrogen-bond acceptors (Lipinski definition) is 3. The maximum Gasteiger partial charge on any atom is 0.253 e. The maximum absolute atomic E-state index is 12.2. The van der Waals surface area contributed by atoms with Crippen LogP contribution in [0.25, 0.3) is 0 Å². The molecule has 0 bridgehead atoms. The summed E-state index contributed by atoms with van der Waals surface area (Å²) in [4.78, 5) is 24.1. The lowest BCUT2D eigenvalue weighted by Crippen LogP contribution is -2.50. The first kappa shape index (κ1) is 16.5. The number of hydrogen-bond donors (Lipinski definition) is 3. The highest BCUT2D eigenvalue weighted by Gasteiger charge is 2.24. The van der Waals surface area contributed by atoms with Crippen molar-refractivity contribution in [2.24, 2.45) is 11.7 Å². The molecule has 0 radical (unpaired) electrons. The Balaban J connectivity index is 2.78. The summed E-state index contributed by atoms with van der Waals surface area (Å²) in [5, 5.41) is 5.74. The van der Waals surface area contributed by atoms with Crippen LogP contribution in [0.3, 0.4) is 0 Å². The predicted molar refractivity (Wildman–Crippen MR) is 79.6 cm³/mol. The van der Waals surface area contributed by atoms with Crippen LogP contribution in [0.2, 0.25) is 5.02 Å². The Labute approximate surface area is 123 Å². The molecule has 1 unspecified atom stereocenters. The fourth-order valence-corrected chi connectivity index (χ4v) is 1.93. The standard InChI is InChI=1S/C14H20ClN3O2/c1-9(2)12(14(20)17-8-7-16)18-13(19)10-5-3-4-6-11(10)15/h3-6,9,12H,7-8,16H2,1-2H3,(H,17,20)(H,18,19). The monoisotopic (exact) mass is 297 g/mol. The summed E-state index contributed by atoms with van der Waals surface area (Å²) < 4.78 is 0. The molecular formula is C14H20ClN3O2. The summed E-state index contributed by atoms with van der Waals surface area (Å²) in [5.41, 5.74) is 5.70. The van der Waals surface area contributed by atoms with Gasteiger partial charge in [-0.05, 0) is 18.1 Å². The molecule has 0 aliphatic carbocycles. The molecule has 1 atom stereocenters. The molecule has 5 nitrogen and oxygen atoms in total. The zero-order valence-electron chi connectivity index (χ0n) is 11.7. The van der Waals surface area contributed by atoms with E-state index >= 15 is 0 Å². The molecule has 0 aliphatic rings. The van der Waals surface area contributed by atoms with Crippen molar-refractivity contribution in [1.82, 2.24) is 10.6 Å². The van der Waals surface area contributed by atoms with Crippen molar-refractivity contribution in [3.8, 4) is 0 Å². The Bertz CT molecular complexity index is 477. The first-order valence-electron chi connectivity index (χ1n) is 6.50. The highest BCUT2D eigenvalue weighted by molar-refractivity contribution is 6.33. The summed E-state index contributed by atoms with van der Waals surface area (Å²) in [6.07, 6.45) is 0. The summed E-state index contributed by atoms with van der Waals surface area (Å²) in [6.45, 7) is 4.46. The van der Waals surface area contributed by atoms with Gasteiger partial charge in [-0.15, -0.1) is 0 Å². The molecule has 0 saturated carbocycles. The van der Waals surface area contributed by atoms with Gasteiger partial charge in [0.1, 0.15) is 6.04 Å². The van der Waals surface area contributed by atoms with Gasteiger partial charge >= 0.3 is 0 Å². The number of carbonyl (C=O) groups excluding carboxylic acids is 2. The van der Waals surface area contributed by atoms with Crippen molar-refractivity contribution < 1.29 is 9.59 Å². The molecule has 20 heavy (non-hydrogen) atoms. The fraction of sp³-hybridized carbons (Fsp3) is 0.429. The SMILES string of the molecule is CC(C)C(NC(=O)c1ccccc1Cl)C(=O)NCCN. The predicted octanol–water partition coefficient (Wildman–Crippen LogP) is 1.17. The lowest BCUT2D eigenvalue weighted by Gasteiger charge is -2.21. The summed E-state index contributed by atoms with van der Waals surface area (Å²) in [5.74, 6) is -0.651. The topological polar surface area (TPSA) is 84.2 Å². The van der Waals surface area contributed by atoms with Gasteiger partial charge in [0.15, 0.2) is 0 Å². The zero-order valence-corrected chi connectivity index (χ0v) is 12.4. The fourth-order valence-electron chi connectivity index (χ4n) is 1.70. The molecule has 0 spiro atoms. The normalized spacial score (nSPS) is 12.1. The van der Waals surface area contributed by atoms with E-state index in [-0.39, 0.29) is 17.7 Å². The summed E-state index contributed by atoms with van der Waals surface area (Å²) in [7, 11) is 0. The Kier molecular flexibility index (Phi) is 6.48. The van der Waals surface area contributed by atoms with E-state index in [4.69, 9.17) is 17.3 Å². The van der Waals surface area contributed by atoms with Crippen molar-refractivity contribution in [1.29, 1.82) is 0 Å². The first-order valence-corrected chi connectivity index (χ1v) is 6.88. The van der Waals surface area contributed by atoms with Gasteiger partial charge < -0.3 is 16.4 Å². The third kappa shape index (κ3) is 4.51. The largest absolute Gasteiger partial charge is 0.353 e. The number of amides is 2. The molecule has 6 heteroatoms. The van der Waals surface area contributed by atoms with Crippen LogP contribution in [-0.4, -0.2) is 30.9 Å². The minimum atomic E-state index is -0.620. The van der Waals surface area contributed by atoms with Crippen LogP contribution in [0.1, 0.15) is 24.2 Å². The van der Waals surface area contributed by atoms with Crippen LogP contribution in [0.15, 0.2) is 24.3 Å². The minimum Gasteiger partial charge on any atom is -0.353 e. The Morgan fingerprint density at radius 3 is 2.50 bits per heavy atom. The molecule has 1 rings (SSSR count). The van der Waals surface area contributed by atoms with Gasteiger partial charge in [-0.1, -0.05) is 37.6 Å². The van der Waals surface area contributed by atoms with E-state index in [1.165, 1.54) is 0 Å². The number of benzene rings is 1. The molecule has 0 heterocycles. The van der Waals surface area contributed by atoms with Gasteiger partial charge in [0.2, 0.25) is 5.91 Å². The molecule has 2 amide bonds. The quantitative estimate of drug-likeness (QED) is 0.737. The Hall–Kier alpha value is -1.59. The van der Waals surface area contributed by atoms with Crippen molar-refractivity contribution in [2.75, 3.05) is 13.1 Å². The molecule has 0 fully saturated rings. The van der Waals surface area contributed by atoms with Crippen LogP contribution in [-0.2, 0) is 4.79 Å². The number of halogens is 1. The van der Waals surface area contributed by atoms with Crippen molar-refractivity contribution in [2.45, 2.75) is 19.9 Å². The molecule has 110 valence electrons. The second-order valence-electron chi connectivity index (χ2n) is 4.75. The zero-order chi connectivity index (χ0) is 15.1. The average Bonchev–Trinajstić information content (AvgIpc) is 2.42. The molecule has 1 aromatic rings. The smallest absolute Gasteiger partial charge is 0.253 e. The third-order valence-electron chi connectivity index (χ3n) is 2.80. The van der Waals surface area contributed by atoms with E-state index in [1.807, 2.05) is 13.8 Å². The number of carbonyl (C=O) groups is 2. The molecular weight excluding hydrogens is 278 g/mol. The van der Waals surface area contributed by atoms with Crippen LogP contribution < -0.4 is 16.4 Å². The molecule has 0 aliphatic heterocycles. The van der Waals surface area contributed by atoms with Gasteiger partial charge in [0.25, 0.3) is 5.91 Å². The lowest BCUT2D eigenvalue weighted by molar-refractivity contribution is -0.123. The number of rotatable bonds is 6. The Morgan fingerprint density at radius 1 is 1.30 bits per heavy atom. The van der Waals surface area contributed by atoms with Crippen LogP contribution in [0.5, 0.6) is 0 Å². The van der Waals surface area contributed by atoms with Gasteiger partial charge in [-0.25, -0.2) is 0 Å². The van der Waals surface area contributed by atoms with Gasteiger partial charge in [-0.3, -0.25) is 9.59 Å². The van der Waals surface area contributed by atoms with Crippen molar-refractivity contribution >= 4 is 23.4 Å². The second kappa shape index (κ2) is 7.87. The van der Waals surface area contributed by atoms with E-state index in [2.05, 4.69) is 10.6 Å². The summed E-state index contributed by atoms with van der Waals surface area (Å²) >= 11 is 5.97. The van der Waals surface area contributed by atoms with E-state index in [0.717, 1.165) is 0 Å². The summed E-state index contributed by atoms with van der Waals surface area (Å²) in [6, 6.07) is 6.10. The van der Waals surface area contributed by atoms with Gasteiger partial charge in [0, 0.05) is 13.1 Å². The van der Waals surface area contributed by atoms with E-state index in [0.29, 0.717) is 23.7 Å². The van der Waals surface area contributed by atoms with Gasteiger partial charge in [-0.2, -0.15) is 0 Å². The highest BCUT2D eigenvalue weighted by Crippen LogP contribution is 2.15. The minimum absolute atomic E-state index is 0.0424. The van der Waals surface area contributed by atoms with E-state index in [9.17, 15) is 9.59 Å². The molecule has 4 N–H and O–H groups in total. The second-order valence-corrected chi connectivity index (χ2v) is 5.16. The molecule has 0 saturated heterocycles. The molecule has 0 aromatic heterocycles. The van der Waals surface area contributed by atoms with Gasteiger partial charge in [0.05, 0.1) is 10.6 Å². The first-order chi connectivity index (χ1) is 9.47. The molecule has 1 aromatic carbocycles. The number of nitrogens with two attached hydrogens (primary N) is 1. The maximum atomic E-state index is 12.2. The van der Waals surface area contributed by atoms with Crippen molar-refractivity contribution in [3.63, 3.8) is 0 Å². The number of nitrogens with one attached hydrogen (secondary N) is 2. The average molecular weight is 298 g/mol. The van der Waals surface area contributed by atoms with Crippen LogP contribution >= 0.6 is 11.6 Å². The highest BCUT2D eigenvalue weighted by atomic mass is 35.5. The lowest BCUT2D eigenvalue weighted by atomic mass is 10.0. The van der Waals surface area contributed by atoms with E-state index < -0.39 is 6.04 Å². The van der Waals surface area contributed by atoms with Crippen molar-refractivity contribution in [3.05, 3.63) is 34.9 Å². The van der Waals surface area contributed by atoms with Crippen LogP contribution in [0, 0.1) is 5.92 Å². The van der Waals surface area contributed by atoms with E-state index in [1.54, 1.807) is 24.3 Å².